The maximum absolute atomic E-state index is 5.71. The molecule has 1 saturated carbocycles. The molecule has 0 radical (unpaired) electrons. The predicted octanol–water partition coefficient (Wildman–Crippen LogP) is 4.23. The summed E-state index contributed by atoms with van der Waals surface area (Å²) in [5.74, 6) is 0.807. The van der Waals surface area contributed by atoms with Gasteiger partial charge in [0.05, 0.1) is 13.2 Å². The maximum atomic E-state index is 5.71. The molecule has 2 rings (SSSR count). The van der Waals surface area contributed by atoms with Gasteiger partial charge in [-0.3, -0.25) is 0 Å². The first-order chi connectivity index (χ1) is 9.95. The number of hydrogen-bond donors (Lipinski definition) is 0. The highest BCUT2D eigenvalue weighted by atomic mass is 16.5. The molecule has 2 heteroatoms. The summed E-state index contributed by atoms with van der Waals surface area (Å²) in [5, 5.41) is 0. The van der Waals surface area contributed by atoms with E-state index < -0.39 is 0 Å². The molecular weight excluding hydrogens is 248 g/mol. The Bertz CT molecular complexity index is 331. The van der Waals surface area contributed by atoms with E-state index >= 15 is 0 Å². The van der Waals surface area contributed by atoms with Gasteiger partial charge in [0.1, 0.15) is 0 Å². The molecule has 1 aliphatic rings. The van der Waals surface area contributed by atoms with E-state index in [0.717, 1.165) is 45.2 Å². The van der Waals surface area contributed by atoms with Gasteiger partial charge in [0.25, 0.3) is 0 Å². The van der Waals surface area contributed by atoms with Crippen molar-refractivity contribution in [2.45, 2.75) is 44.9 Å². The number of rotatable bonds is 9. The summed E-state index contributed by atoms with van der Waals surface area (Å²) in [6, 6.07) is 10.6. The fourth-order valence-electron chi connectivity index (χ4n) is 2.85. The van der Waals surface area contributed by atoms with Crippen LogP contribution in [0.2, 0.25) is 0 Å². The standard InChI is InChI=1S/C18H28O2/c1-3-8-17(9-4-1)12-7-13-19-14-15-20-16-18-10-5-2-6-11-18/h1,3-4,8-9,18H,2,5-7,10-16H2. The van der Waals surface area contributed by atoms with Crippen molar-refractivity contribution in [3.8, 4) is 0 Å². The highest BCUT2D eigenvalue weighted by molar-refractivity contribution is 5.14. The van der Waals surface area contributed by atoms with E-state index in [1.165, 1.54) is 37.7 Å². The second kappa shape index (κ2) is 9.95. The monoisotopic (exact) mass is 276 g/mol. The molecule has 1 fully saturated rings. The lowest BCUT2D eigenvalue weighted by Gasteiger charge is -2.21. The topological polar surface area (TPSA) is 18.5 Å². The molecule has 112 valence electrons. The molecule has 20 heavy (non-hydrogen) atoms. The number of ether oxygens (including phenoxy) is 2. The summed E-state index contributed by atoms with van der Waals surface area (Å²) < 4.78 is 11.3. The molecule has 0 aliphatic heterocycles. The minimum Gasteiger partial charge on any atom is -0.379 e. The Morgan fingerprint density at radius 3 is 2.40 bits per heavy atom. The summed E-state index contributed by atoms with van der Waals surface area (Å²) in [4.78, 5) is 0. The van der Waals surface area contributed by atoms with E-state index in [9.17, 15) is 0 Å². The zero-order valence-corrected chi connectivity index (χ0v) is 12.6. The summed E-state index contributed by atoms with van der Waals surface area (Å²) in [5.41, 5.74) is 1.39. The van der Waals surface area contributed by atoms with Crippen molar-refractivity contribution in [1.29, 1.82) is 0 Å². The summed E-state index contributed by atoms with van der Waals surface area (Å²) in [6.07, 6.45) is 9.11. The van der Waals surface area contributed by atoms with E-state index in [2.05, 4.69) is 30.3 Å². The highest BCUT2D eigenvalue weighted by Crippen LogP contribution is 2.23. The van der Waals surface area contributed by atoms with Gasteiger partial charge in [-0.15, -0.1) is 0 Å². The third-order valence-corrected chi connectivity index (χ3v) is 4.05. The van der Waals surface area contributed by atoms with Gasteiger partial charge in [0.15, 0.2) is 0 Å². The van der Waals surface area contributed by atoms with Crippen LogP contribution >= 0.6 is 0 Å². The Balaban J connectivity index is 1.38. The maximum Gasteiger partial charge on any atom is 0.0700 e. The molecular formula is C18H28O2. The molecule has 0 saturated heterocycles. The van der Waals surface area contributed by atoms with Crippen molar-refractivity contribution in [1.82, 2.24) is 0 Å². The van der Waals surface area contributed by atoms with E-state index in [1.807, 2.05) is 0 Å². The van der Waals surface area contributed by atoms with E-state index in [1.54, 1.807) is 0 Å². The van der Waals surface area contributed by atoms with Crippen LogP contribution in [0.3, 0.4) is 0 Å². The van der Waals surface area contributed by atoms with Gasteiger partial charge in [-0.2, -0.15) is 0 Å². The van der Waals surface area contributed by atoms with Crippen molar-refractivity contribution in [3.05, 3.63) is 35.9 Å². The predicted molar refractivity (Wildman–Crippen MR) is 83.0 cm³/mol. The molecule has 0 spiro atoms. The molecule has 0 unspecified atom stereocenters. The average Bonchev–Trinajstić information content (AvgIpc) is 2.52. The lowest BCUT2D eigenvalue weighted by molar-refractivity contribution is 0.0272. The van der Waals surface area contributed by atoms with Crippen molar-refractivity contribution in [2.75, 3.05) is 26.4 Å². The Hall–Kier alpha value is -0.860. The van der Waals surface area contributed by atoms with Crippen LogP contribution < -0.4 is 0 Å². The second-order valence-corrected chi connectivity index (χ2v) is 5.78. The molecule has 0 amide bonds. The minimum atomic E-state index is 0.738. The second-order valence-electron chi connectivity index (χ2n) is 5.78. The molecule has 0 N–H and O–H groups in total. The van der Waals surface area contributed by atoms with Crippen LogP contribution in [0.5, 0.6) is 0 Å². The van der Waals surface area contributed by atoms with Gasteiger partial charge in [-0.1, -0.05) is 49.6 Å². The van der Waals surface area contributed by atoms with Crippen LogP contribution in [0, 0.1) is 5.92 Å². The SMILES string of the molecule is c1ccc(CCCOCCOCC2CCCCC2)cc1. The van der Waals surface area contributed by atoms with E-state index in [-0.39, 0.29) is 0 Å². The lowest BCUT2D eigenvalue weighted by Crippen LogP contribution is -2.15. The molecule has 1 aromatic carbocycles. The van der Waals surface area contributed by atoms with Gasteiger partial charge in [-0.25, -0.2) is 0 Å². The van der Waals surface area contributed by atoms with Crippen LogP contribution in [0.4, 0.5) is 0 Å². The fraction of sp³-hybridized carbons (Fsp3) is 0.667. The Morgan fingerprint density at radius 2 is 1.60 bits per heavy atom. The smallest absolute Gasteiger partial charge is 0.0700 e. The molecule has 0 bridgehead atoms. The van der Waals surface area contributed by atoms with Crippen molar-refractivity contribution < 1.29 is 9.47 Å². The molecule has 0 heterocycles. The Morgan fingerprint density at radius 1 is 0.850 bits per heavy atom. The van der Waals surface area contributed by atoms with E-state index in [4.69, 9.17) is 9.47 Å². The van der Waals surface area contributed by atoms with Crippen LogP contribution in [0.15, 0.2) is 30.3 Å². The third kappa shape index (κ3) is 6.53. The summed E-state index contributed by atoms with van der Waals surface area (Å²) in [6.45, 7) is 3.26. The largest absolute Gasteiger partial charge is 0.379 e. The van der Waals surface area contributed by atoms with Gasteiger partial charge >= 0.3 is 0 Å². The van der Waals surface area contributed by atoms with Crippen molar-refractivity contribution in [3.63, 3.8) is 0 Å². The van der Waals surface area contributed by atoms with Crippen molar-refractivity contribution >= 4 is 0 Å². The van der Waals surface area contributed by atoms with Gasteiger partial charge in [-0.05, 0) is 37.2 Å². The Labute approximate surface area is 123 Å². The third-order valence-electron chi connectivity index (χ3n) is 4.05. The highest BCUT2D eigenvalue weighted by Gasteiger charge is 2.12. The van der Waals surface area contributed by atoms with Crippen molar-refractivity contribution in [2.24, 2.45) is 5.92 Å². The first-order valence-electron chi connectivity index (χ1n) is 8.14. The average molecular weight is 276 g/mol. The first-order valence-corrected chi connectivity index (χ1v) is 8.14. The minimum absolute atomic E-state index is 0.738. The van der Waals surface area contributed by atoms with Crippen LogP contribution in [-0.2, 0) is 15.9 Å². The number of aryl methyl sites for hydroxylation is 1. The van der Waals surface area contributed by atoms with E-state index in [0.29, 0.717) is 0 Å². The lowest BCUT2D eigenvalue weighted by atomic mass is 9.90. The summed E-state index contributed by atoms with van der Waals surface area (Å²) >= 11 is 0. The van der Waals surface area contributed by atoms with Crippen LogP contribution in [0.1, 0.15) is 44.1 Å². The van der Waals surface area contributed by atoms with Gasteiger partial charge < -0.3 is 9.47 Å². The van der Waals surface area contributed by atoms with Crippen LogP contribution in [0.25, 0.3) is 0 Å². The molecule has 1 aromatic rings. The normalized spacial score (nSPS) is 16.4. The first kappa shape index (κ1) is 15.5. The molecule has 2 nitrogen and oxygen atoms in total. The summed E-state index contributed by atoms with van der Waals surface area (Å²) in [7, 11) is 0. The zero-order valence-electron chi connectivity index (χ0n) is 12.6. The molecule has 0 aromatic heterocycles. The quantitative estimate of drug-likeness (QED) is 0.628. The Kier molecular flexibility index (Phi) is 7.73. The molecule has 1 aliphatic carbocycles. The number of benzene rings is 1. The van der Waals surface area contributed by atoms with Gasteiger partial charge in [0.2, 0.25) is 0 Å². The fourth-order valence-corrected chi connectivity index (χ4v) is 2.85. The zero-order chi connectivity index (χ0) is 13.9. The molecule has 0 atom stereocenters. The van der Waals surface area contributed by atoms with Gasteiger partial charge in [0, 0.05) is 13.2 Å². The number of hydrogen-bond acceptors (Lipinski definition) is 2. The van der Waals surface area contributed by atoms with Crippen LogP contribution in [-0.4, -0.2) is 26.4 Å².